The zero-order chi connectivity index (χ0) is 19.9. The predicted octanol–water partition coefficient (Wildman–Crippen LogP) is 0.382. The minimum atomic E-state index is -3.73. The van der Waals surface area contributed by atoms with Crippen LogP contribution in [0.15, 0.2) is 35.4 Å². The van der Waals surface area contributed by atoms with Gasteiger partial charge in [-0.1, -0.05) is 0 Å². The number of aromatic nitrogens is 3. The number of hydrogen-bond acceptors (Lipinski definition) is 8. The van der Waals surface area contributed by atoms with Crippen molar-refractivity contribution in [2.75, 3.05) is 45.2 Å². The maximum atomic E-state index is 13.4. The number of likely N-dealkylation sites (N-methyl/N-ethyl adjacent to an activating group) is 1. The van der Waals surface area contributed by atoms with E-state index in [1.807, 2.05) is 43.0 Å². The first-order valence-electron chi connectivity index (χ1n) is 9.20. The van der Waals surface area contributed by atoms with Gasteiger partial charge in [-0.15, -0.1) is 5.10 Å². The van der Waals surface area contributed by atoms with Gasteiger partial charge in [0.2, 0.25) is 15.9 Å². The standard InChI is InChI=1S/C18H24N6O3S/c1-13-6-7-17(21-20-13)23-11-14-15(12-23)27-18-16(5-4-8-19-18)28(25,26)24(14)10-9-22(2)3/h4-8,14-15H,9-12H2,1-3H3/t14-,15-/m0/s1. The van der Waals surface area contributed by atoms with Crippen LogP contribution >= 0.6 is 0 Å². The highest BCUT2D eigenvalue weighted by Crippen LogP contribution is 2.35. The molecule has 2 atom stereocenters. The molecule has 1 saturated heterocycles. The summed E-state index contributed by atoms with van der Waals surface area (Å²) < 4.78 is 34.5. The van der Waals surface area contributed by atoms with Crippen molar-refractivity contribution in [2.24, 2.45) is 0 Å². The molecule has 4 heterocycles. The third-order valence-corrected chi connectivity index (χ3v) is 7.01. The molecule has 0 radical (unpaired) electrons. The van der Waals surface area contributed by atoms with Gasteiger partial charge in [-0.05, 0) is 45.3 Å². The van der Waals surface area contributed by atoms with Crippen LogP contribution in [0.4, 0.5) is 5.82 Å². The Morgan fingerprint density at radius 2 is 2.04 bits per heavy atom. The molecular formula is C18H24N6O3S. The second-order valence-corrected chi connectivity index (χ2v) is 9.25. The lowest BCUT2D eigenvalue weighted by Gasteiger charge is -2.29. The average molecular weight is 404 g/mol. The van der Waals surface area contributed by atoms with Crippen LogP contribution in [-0.4, -0.2) is 85.2 Å². The molecule has 150 valence electrons. The summed E-state index contributed by atoms with van der Waals surface area (Å²) in [4.78, 5) is 8.31. The smallest absolute Gasteiger partial charge is 0.248 e. The first-order valence-corrected chi connectivity index (χ1v) is 10.6. The minimum Gasteiger partial charge on any atom is -0.470 e. The molecule has 0 aromatic carbocycles. The SMILES string of the molecule is Cc1ccc(N2C[C@@H]3Oc4ncccc4S(=O)(=O)N(CCN(C)C)[C@H]3C2)nn1. The zero-order valence-electron chi connectivity index (χ0n) is 16.2. The Bertz CT molecular complexity index is 950. The summed E-state index contributed by atoms with van der Waals surface area (Å²) >= 11 is 0. The molecule has 2 aromatic rings. The largest absolute Gasteiger partial charge is 0.470 e. The lowest BCUT2D eigenvalue weighted by Crippen LogP contribution is -2.49. The van der Waals surface area contributed by atoms with Gasteiger partial charge in [-0.2, -0.15) is 9.40 Å². The second-order valence-electron chi connectivity index (χ2n) is 7.39. The maximum absolute atomic E-state index is 13.4. The summed E-state index contributed by atoms with van der Waals surface area (Å²) in [6.45, 7) is 3.88. The Kier molecular flexibility index (Phi) is 4.94. The molecule has 0 saturated carbocycles. The number of nitrogens with zero attached hydrogens (tertiary/aromatic N) is 6. The molecule has 0 aliphatic carbocycles. The molecule has 0 amide bonds. The molecule has 2 aromatic heterocycles. The molecule has 10 heteroatoms. The van der Waals surface area contributed by atoms with Crippen LogP contribution in [0, 0.1) is 6.92 Å². The van der Waals surface area contributed by atoms with E-state index in [0.29, 0.717) is 32.0 Å². The molecule has 0 bridgehead atoms. The van der Waals surface area contributed by atoms with E-state index in [1.165, 1.54) is 0 Å². The summed E-state index contributed by atoms with van der Waals surface area (Å²) in [5.41, 5.74) is 0.835. The molecule has 9 nitrogen and oxygen atoms in total. The van der Waals surface area contributed by atoms with E-state index in [9.17, 15) is 8.42 Å². The van der Waals surface area contributed by atoms with Crippen LogP contribution in [0.3, 0.4) is 0 Å². The van der Waals surface area contributed by atoms with Crippen LogP contribution in [0.2, 0.25) is 0 Å². The van der Waals surface area contributed by atoms with Crippen molar-refractivity contribution in [3.63, 3.8) is 0 Å². The minimum absolute atomic E-state index is 0.129. The fourth-order valence-electron chi connectivity index (χ4n) is 3.59. The normalized spacial score (nSPS) is 23.8. The van der Waals surface area contributed by atoms with Gasteiger partial charge < -0.3 is 14.5 Å². The number of rotatable bonds is 4. The Labute approximate surface area is 165 Å². The van der Waals surface area contributed by atoms with Gasteiger partial charge in [-0.3, -0.25) is 0 Å². The van der Waals surface area contributed by atoms with Crippen molar-refractivity contribution in [3.05, 3.63) is 36.2 Å². The molecule has 28 heavy (non-hydrogen) atoms. The van der Waals surface area contributed by atoms with Crippen LogP contribution in [0.5, 0.6) is 5.88 Å². The molecule has 0 N–H and O–H groups in total. The first kappa shape index (κ1) is 19.0. The fourth-order valence-corrected chi connectivity index (χ4v) is 5.30. The molecule has 1 fully saturated rings. The Balaban J connectivity index is 1.71. The van der Waals surface area contributed by atoms with E-state index < -0.39 is 10.0 Å². The van der Waals surface area contributed by atoms with Crippen molar-refractivity contribution in [2.45, 2.75) is 24.0 Å². The Morgan fingerprint density at radius 1 is 1.21 bits per heavy atom. The van der Waals surface area contributed by atoms with Crippen molar-refractivity contribution in [1.29, 1.82) is 0 Å². The summed E-state index contributed by atoms with van der Waals surface area (Å²) in [7, 11) is 0.130. The van der Waals surface area contributed by atoms with E-state index in [4.69, 9.17) is 4.74 Å². The highest BCUT2D eigenvalue weighted by molar-refractivity contribution is 7.89. The van der Waals surface area contributed by atoms with Gasteiger partial charge in [0.05, 0.1) is 18.3 Å². The van der Waals surface area contributed by atoms with Crippen LogP contribution in [-0.2, 0) is 10.0 Å². The lowest BCUT2D eigenvalue weighted by atomic mass is 10.2. The number of hydrogen-bond donors (Lipinski definition) is 0. The van der Waals surface area contributed by atoms with Crippen molar-refractivity contribution >= 4 is 15.8 Å². The number of pyridine rings is 1. The molecule has 2 aliphatic heterocycles. The van der Waals surface area contributed by atoms with Gasteiger partial charge in [0, 0.05) is 25.8 Å². The summed E-state index contributed by atoms with van der Waals surface area (Å²) in [6, 6.07) is 6.65. The molecule has 2 aliphatic rings. The van der Waals surface area contributed by atoms with Crippen LogP contribution in [0.25, 0.3) is 0 Å². The Morgan fingerprint density at radius 3 is 2.75 bits per heavy atom. The van der Waals surface area contributed by atoms with E-state index in [2.05, 4.69) is 15.2 Å². The number of anilines is 1. The number of aryl methyl sites for hydroxylation is 1. The summed E-state index contributed by atoms with van der Waals surface area (Å²) in [5, 5.41) is 8.37. The quantitative estimate of drug-likeness (QED) is 0.722. The van der Waals surface area contributed by atoms with Gasteiger partial charge >= 0.3 is 0 Å². The van der Waals surface area contributed by atoms with Crippen LogP contribution < -0.4 is 9.64 Å². The zero-order valence-corrected chi connectivity index (χ0v) is 17.0. The summed E-state index contributed by atoms with van der Waals surface area (Å²) in [6.07, 6.45) is 1.22. The second kappa shape index (κ2) is 7.26. The van der Waals surface area contributed by atoms with E-state index in [0.717, 1.165) is 5.69 Å². The Hall–Kier alpha value is -2.30. The van der Waals surface area contributed by atoms with E-state index in [-0.39, 0.29) is 22.9 Å². The number of sulfonamides is 1. The van der Waals surface area contributed by atoms with Gasteiger partial charge in [-0.25, -0.2) is 13.4 Å². The first-order chi connectivity index (χ1) is 13.4. The van der Waals surface area contributed by atoms with E-state index in [1.54, 1.807) is 22.6 Å². The third-order valence-electron chi connectivity index (χ3n) is 5.07. The van der Waals surface area contributed by atoms with Crippen LogP contribution in [0.1, 0.15) is 5.69 Å². The molecule has 0 unspecified atom stereocenters. The third kappa shape index (κ3) is 3.43. The fraction of sp³-hybridized carbons (Fsp3) is 0.500. The monoisotopic (exact) mass is 404 g/mol. The molecular weight excluding hydrogens is 380 g/mol. The van der Waals surface area contributed by atoms with Crippen molar-refractivity contribution in [1.82, 2.24) is 24.4 Å². The number of ether oxygens (including phenoxy) is 1. The van der Waals surface area contributed by atoms with Crippen molar-refractivity contribution < 1.29 is 13.2 Å². The highest BCUT2D eigenvalue weighted by Gasteiger charge is 2.47. The van der Waals surface area contributed by atoms with Crippen molar-refractivity contribution in [3.8, 4) is 5.88 Å². The van der Waals surface area contributed by atoms with Gasteiger partial charge in [0.25, 0.3) is 0 Å². The van der Waals surface area contributed by atoms with Gasteiger partial charge in [0.15, 0.2) is 5.82 Å². The highest BCUT2D eigenvalue weighted by atomic mass is 32.2. The maximum Gasteiger partial charge on any atom is 0.248 e. The van der Waals surface area contributed by atoms with Gasteiger partial charge in [0.1, 0.15) is 11.0 Å². The predicted molar refractivity (Wildman–Crippen MR) is 104 cm³/mol. The average Bonchev–Trinajstić information content (AvgIpc) is 3.02. The molecule has 4 rings (SSSR count). The number of fused-ring (bicyclic) bond motifs is 2. The van der Waals surface area contributed by atoms with E-state index >= 15 is 0 Å². The topological polar surface area (TPSA) is 91.8 Å². The molecule has 0 spiro atoms. The lowest BCUT2D eigenvalue weighted by molar-refractivity contribution is 0.145. The summed E-state index contributed by atoms with van der Waals surface area (Å²) in [5.74, 6) is 0.884.